The molecule has 0 aromatic heterocycles. The average molecular weight is 297 g/mol. The maximum Gasteiger partial charge on any atom is 0.243 e. The number of halogens is 2. The van der Waals surface area contributed by atoms with Crippen molar-refractivity contribution in [3.05, 3.63) is 29.6 Å². The highest BCUT2D eigenvalue weighted by Gasteiger charge is 2.20. The van der Waals surface area contributed by atoms with E-state index in [-0.39, 0.29) is 29.9 Å². The van der Waals surface area contributed by atoms with Gasteiger partial charge >= 0.3 is 0 Å². The molecule has 0 amide bonds. The fourth-order valence-electron chi connectivity index (χ4n) is 1.45. The predicted molar refractivity (Wildman–Crippen MR) is 71.8 cm³/mol. The van der Waals surface area contributed by atoms with E-state index in [9.17, 15) is 12.8 Å². The second kappa shape index (κ2) is 7.04. The van der Waals surface area contributed by atoms with Gasteiger partial charge in [-0.2, -0.15) is 0 Å². The third-order valence-corrected chi connectivity index (χ3v) is 3.96. The predicted octanol–water partition coefficient (Wildman–Crippen LogP) is 1.57. The summed E-state index contributed by atoms with van der Waals surface area (Å²) in [5, 5.41) is 0. The molecule has 0 fully saturated rings. The van der Waals surface area contributed by atoms with E-state index in [1.54, 1.807) is 19.9 Å². The summed E-state index contributed by atoms with van der Waals surface area (Å²) in [4.78, 5) is -0.287. The molecule has 1 unspecified atom stereocenters. The van der Waals surface area contributed by atoms with E-state index in [0.717, 1.165) is 6.07 Å². The number of benzene rings is 1. The van der Waals surface area contributed by atoms with Crippen LogP contribution < -0.4 is 10.5 Å². The summed E-state index contributed by atoms with van der Waals surface area (Å²) in [5.41, 5.74) is 5.90. The molecule has 0 saturated carbocycles. The Bertz CT molecular complexity index is 472. The Kier molecular flexibility index (Phi) is 6.77. The van der Waals surface area contributed by atoms with Crippen molar-refractivity contribution in [3.63, 3.8) is 0 Å². The van der Waals surface area contributed by atoms with E-state index in [1.165, 1.54) is 6.07 Å². The Morgan fingerprint density at radius 3 is 2.56 bits per heavy atom. The lowest BCUT2D eigenvalue weighted by atomic mass is 10.2. The second-order valence-corrected chi connectivity index (χ2v) is 5.75. The van der Waals surface area contributed by atoms with Crippen LogP contribution in [0.4, 0.5) is 4.39 Å². The van der Waals surface area contributed by atoms with Crippen LogP contribution in [-0.4, -0.2) is 21.0 Å². The van der Waals surface area contributed by atoms with Gasteiger partial charge in [-0.1, -0.05) is 12.1 Å². The topological polar surface area (TPSA) is 72.2 Å². The van der Waals surface area contributed by atoms with E-state index in [4.69, 9.17) is 5.73 Å². The molecule has 0 heterocycles. The van der Waals surface area contributed by atoms with E-state index in [0.29, 0.717) is 12.0 Å². The maximum absolute atomic E-state index is 13.5. The SMILES string of the molecule is Cc1cccc(F)c1S(=O)(=O)NCCC(C)N.Cl. The zero-order chi connectivity index (χ0) is 13.1. The molecule has 0 radical (unpaired) electrons. The molecule has 7 heteroatoms. The zero-order valence-electron chi connectivity index (χ0n) is 10.3. The summed E-state index contributed by atoms with van der Waals surface area (Å²) in [5.74, 6) is -0.738. The van der Waals surface area contributed by atoms with E-state index >= 15 is 0 Å². The highest BCUT2D eigenvalue weighted by molar-refractivity contribution is 7.89. The quantitative estimate of drug-likeness (QED) is 0.866. The number of sulfonamides is 1. The molecule has 0 bridgehead atoms. The van der Waals surface area contributed by atoms with Gasteiger partial charge in [0.25, 0.3) is 0 Å². The fourth-order valence-corrected chi connectivity index (χ4v) is 2.80. The van der Waals surface area contributed by atoms with Crippen LogP contribution in [0.2, 0.25) is 0 Å². The molecule has 18 heavy (non-hydrogen) atoms. The van der Waals surface area contributed by atoms with Gasteiger partial charge < -0.3 is 5.73 Å². The Morgan fingerprint density at radius 2 is 2.06 bits per heavy atom. The monoisotopic (exact) mass is 296 g/mol. The molecular weight excluding hydrogens is 279 g/mol. The first-order valence-electron chi connectivity index (χ1n) is 5.35. The third-order valence-electron chi connectivity index (χ3n) is 2.32. The molecule has 0 saturated heterocycles. The van der Waals surface area contributed by atoms with Crippen LogP contribution in [0.15, 0.2) is 23.1 Å². The van der Waals surface area contributed by atoms with Crippen molar-refractivity contribution in [3.8, 4) is 0 Å². The van der Waals surface area contributed by atoms with Gasteiger partial charge in [-0.05, 0) is 31.9 Å². The average Bonchev–Trinajstić information content (AvgIpc) is 2.15. The van der Waals surface area contributed by atoms with Crippen LogP contribution in [0.25, 0.3) is 0 Å². The second-order valence-electron chi connectivity index (χ2n) is 4.05. The number of hydrogen-bond donors (Lipinski definition) is 2. The summed E-state index contributed by atoms with van der Waals surface area (Å²) in [7, 11) is -3.80. The normalized spacial score (nSPS) is 12.9. The largest absolute Gasteiger partial charge is 0.328 e. The van der Waals surface area contributed by atoms with Crippen LogP contribution >= 0.6 is 12.4 Å². The Morgan fingerprint density at radius 1 is 1.44 bits per heavy atom. The Balaban J connectivity index is 0.00000289. The zero-order valence-corrected chi connectivity index (χ0v) is 11.9. The smallest absolute Gasteiger partial charge is 0.243 e. The summed E-state index contributed by atoms with van der Waals surface area (Å²) in [6.45, 7) is 3.54. The van der Waals surface area contributed by atoms with Crippen LogP contribution in [-0.2, 0) is 10.0 Å². The number of aryl methyl sites for hydroxylation is 1. The van der Waals surface area contributed by atoms with Gasteiger partial charge in [0.05, 0.1) is 0 Å². The van der Waals surface area contributed by atoms with E-state index in [2.05, 4.69) is 4.72 Å². The Hall–Kier alpha value is -0.690. The lowest BCUT2D eigenvalue weighted by Crippen LogP contribution is -2.30. The first-order chi connectivity index (χ1) is 7.84. The van der Waals surface area contributed by atoms with Gasteiger partial charge in [0.15, 0.2) is 0 Å². The van der Waals surface area contributed by atoms with Crippen molar-refractivity contribution in [2.24, 2.45) is 5.73 Å². The lowest BCUT2D eigenvalue weighted by molar-refractivity contribution is 0.549. The first kappa shape index (κ1) is 17.3. The van der Waals surface area contributed by atoms with Gasteiger partial charge in [-0.15, -0.1) is 12.4 Å². The van der Waals surface area contributed by atoms with Crippen molar-refractivity contribution >= 4 is 22.4 Å². The molecule has 1 rings (SSSR count). The van der Waals surface area contributed by atoms with Crippen molar-refractivity contribution in [2.75, 3.05) is 6.54 Å². The molecule has 4 nitrogen and oxygen atoms in total. The molecule has 0 spiro atoms. The van der Waals surface area contributed by atoms with Crippen LogP contribution in [0.5, 0.6) is 0 Å². The summed E-state index contributed by atoms with van der Waals surface area (Å²) in [6, 6.07) is 4.07. The molecule has 0 aliphatic rings. The number of nitrogens with two attached hydrogens (primary N) is 1. The summed E-state index contributed by atoms with van der Waals surface area (Å²) < 4.78 is 39.6. The molecule has 3 N–H and O–H groups in total. The molecule has 0 aliphatic heterocycles. The van der Waals surface area contributed by atoms with Crippen LogP contribution in [0, 0.1) is 12.7 Å². The minimum absolute atomic E-state index is 0. The standard InChI is InChI=1S/C11H17FN2O2S.ClH/c1-8-4-3-5-10(12)11(8)17(15,16)14-7-6-9(2)13;/h3-5,9,14H,6-7,13H2,1-2H3;1H. The summed E-state index contributed by atoms with van der Waals surface area (Å²) >= 11 is 0. The lowest BCUT2D eigenvalue weighted by Gasteiger charge is -2.11. The minimum atomic E-state index is -3.80. The summed E-state index contributed by atoms with van der Waals surface area (Å²) in [6.07, 6.45) is 0.507. The molecule has 104 valence electrons. The van der Waals surface area contributed by atoms with Crippen molar-refractivity contribution in [2.45, 2.75) is 31.2 Å². The van der Waals surface area contributed by atoms with Crippen LogP contribution in [0.3, 0.4) is 0 Å². The van der Waals surface area contributed by atoms with Gasteiger partial charge in [-0.25, -0.2) is 17.5 Å². The third kappa shape index (κ3) is 4.53. The molecular formula is C11H18ClFN2O2S. The molecule has 0 aliphatic carbocycles. The van der Waals surface area contributed by atoms with Gasteiger partial charge in [0, 0.05) is 12.6 Å². The van der Waals surface area contributed by atoms with Crippen molar-refractivity contribution < 1.29 is 12.8 Å². The van der Waals surface area contributed by atoms with E-state index in [1.807, 2.05) is 0 Å². The van der Waals surface area contributed by atoms with Crippen LogP contribution in [0.1, 0.15) is 18.9 Å². The highest BCUT2D eigenvalue weighted by atomic mass is 35.5. The van der Waals surface area contributed by atoms with E-state index < -0.39 is 15.8 Å². The number of nitrogens with one attached hydrogen (secondary N) is 1. The maximum atomic E-state index is 13.5. The number of rotatable bonds is 5. The van der Waals surface area contributed by atoms with Crippen molar-refractivity contribution in [1.82, 2.24) is 4.72 Å². The van der Waals surface area contributed by atoms with Crippen molar-refractivity contribution in [1.29, 1.82) is 0 Å². The molecule has 1 aromatic rings. The molecule has 1 atom stereocenters. The minimum Gasteiger partial charge on any atom is -0.328 e. The first-order valence-corrected chi connectivity index (χ1v) is 6.83. The van der Waals surface area contributed by atoms with Gasteiger partial charge in [0.2, 0.25) is 10.0 Å². The van der Waals surface area contributed by atoms with Gasteiger partial charge in [-0.3, -0.25) is 0 Å². The highest BCUT2D eigenvalue weighted by Crippen LogP contribution is 2.18. The fraction of sp³-hybridized carbons (Fsp3) is 0.455. The van der Waals surface area contributed by atoms with Gasteiger partial charge in [0.1, 0.15) is 10.7 Å². The molecule has 1 aromatic carbocycles. The number of hydrogen-bond acceptors (Lipinski definition) is 3. The Labute approximate surface area is 113 Å².